The molecule has 0 aromatic heterocycles. The van der Waals surface area contributed by atoms with E-state index in [1.54, 1.807) is 24.3 Å². The topological polar surface area (TPSA) is 86.8 Å². The molecule has 0 saturated carbocycles. The van der Waals surface area contributed by atoms with Crippen LogP contribution in [0.3, 0.4) is 0 Å². The minimum absolute atomic E-state index is 0.0383. The first-order valence-corrected chi connectivity index (χ1v) is 16.4. The number of amides is 2. The summed E-state index contributed by atoms with van der Waals surface area (Å²) >= 11 is 12.6. The normalized spacial score (nSPS) is 12.0. The Kier molecular flexibility index (Phi) is 12.6. The first kappa shape index (κ1) is 33.4. The van der Waals surface area contributed by atoms with Crippen LogP contribution in [0, 0.1) is 5.82 Å². The molecule has 0 radical (unpaired) electrons. The number of hydrogen-bond acceptors (Lipinski definition) is 4. The summed E-state index contributed by atoms with van der Waals surface area (Å²) in [7, 11) is -3.83. The van der Waals surface area contributed by atoms with Crippen LogP contribution in [0.15, 0.2) is 72.8 Å². The zero-order chi connectivity index (χ0) is 30.7. The number of nitrogens with one attached hydrogen (secondary N) is 1. The van der Waals surface area contributed by atoms with Crippen LogP contribution in [0.1, 0.15) is 43.7 Å². The fourth-order valence-corrected chi connectivity index (χ4v) is 5.96. The molecule has 3 aromatic carbocycles. The summed E-state index contributed by atoms with van der Waals surface area (Å²) in [6.45, 7) is 2.41. The Hall–Kier alpha value is -3.14. The molecule has 226 valence electrons. The molecule has 0 aliphatic carbocycles. The molecule has 0 spiro atoms. The Bertz CT molecular complexity index is 1460. The number of rotatable bonds is 15. The van der Waals surface area contributed by atoms with Gasteiger partial charge >= 0.3 is 0 Å². The standard InChI is InChI=1S/C31H36Cl2FN3O4S/c1-3-4-18-35-31(39)29(20-23-11-6-5-7-12-23)36(22-24-16-17-25(32)21-26(24)33)30(38)15-10-19-37(42(2,40)41)28-14-9-8-13-27(28)34/h5-9,11-14,16-17,21,29H,3-4,10,15,18-20,22H2,1-2H3,(H,35,39)/t29-/m1/s1. The average molecular weight is 637 g/mol. The molecule has 3 rings (SSSR count). The van der Waals surface area contributed by atoms with Crippen LogP contribution < -0.4 is 9.62 Å². The molecule has 2 amide bonds. The first-order chi connectivity index (χ1) is 20.0. The molecular formula is C31H36Cl2FN3O4S. The molecule has 1 atom stereocenters. The highest BCUT2D eigenvalue weighted by molar-refractivity contribution is 7.92. The smallest absolute Gasteiger partial charge is 0.243 e. The second kappa shape index (κ2) is 15.9. The Morgan fingerprint density at radius 1 is 0.976 bits per heavy atom. The Balaban J connectivity index is 1.91. The van der Waals surface area contributed by atoms with Gasteiger partial charge in [0.1, 0.15) is 11.9 Å². The number of carbonyl (C=O) groups is 2. The van der Waals surface area contributed by atoms with E-state index in [0.29, 0.717) is 22.2 Å². The number of sulfonamides is 1. The highest BCUT2D eigenvalue weighted by Gasteiger charge is 2.31. The van der Waals surface area contributed by atoms with Gasteiger partial charge in [0.05, 0.1) is 11.9 Å². The van der Waals surface area contributed by atoms with Crippen molar-refractivity contribution in [2.24, 2.45) is 0 Å². The van der Waals surface area contributed by atoms with Gasteiger partial charge in [-0.15, -0.1) is 0 Å². The fourth-order valence-electron chi connectivity index (χ4n) is 4.53. The third-order valence-corrected chi connectivity index (χ3v) is 8.50. The number of carbonyl (C=O) groups excluding carboxylic acids is 2. The van der Waals surface area contributed by atoms with Crippen LogP contribution in [0.4, 0.5) is 10.1 Å². The molecule has 42 heavy (non-hydrogen) atoms. The Morgan fingerprint density at radius 3 is 2.31 bits per heavy atom. The average Bonchev–Trinajstić information content (AvgIpc) is 2.94. The highest BCUT2D eigenvalue weighted by Crippen LogP contribution is 2.26. The van der Waals surface area contributed by atoms with Crippen molar-refractivity contribution in [3.8, 4) is 0 Å². The maximum Gasteiger partial charge on any atom is 0.243 e. The maximum absolute atomic E-state index is 14.5. The summed E-state index contributed by atoms with van der Waals surface area (Å²) in [6, 6.07) is 19.1. The monoisotopic (exact) mass is 635 g/mol. The summed E-state index contributed by atoms with van der Waals surface area (Å²) < 4.78 is 40.5. The summed E-state index contributed by atoms with van der Waals surface area (Å²) in [5.41, 5.74) is 1.39. The lowest BCUT2D eigenvalue weighted by Crippen LogP contribution is -2.50. The van der Waals surface area contributed by atoms with E-state index in [1.165, 1.54) is 23.1 Å². The number of nitrogens with zero attached hydrogens (tertiary/aromatic N) is 2. The van der Waals surface area contributed by atoms with Gasteiger partial charge in [-0.1, -0.05) is 85.1 Å². The van der Waals surface area contributed by atoms with Crippen molar-refractivity contribution in [1.82, 2.24) is 10.2 Å². The van der Waals surface area contributed by atoms with Crippen LogP contribution in [0.2, 0.25) is 10.0 Å². The van der Waals surface area contributed by atoms with Gasteiger partial charge in [-0.2, -0.15) is 0 Å². The molecule has 0 heterocycles. The lowest BCUT2D eigenvalue weighted by atomic mass is 10.0. The fraction of sp³-hybridized carbons (Fsp3) is 0.355. The number of unbranched alkanes of at least 4 members (excludes halogenated alkanes) is 1. The van der Waals surface area contributed by atoms with Crippen LogP contribution in [0.25, 0.3) is 0 Å². The van der Waals surface area contributed by atoms with Crippen molar-refractivity contribution >= 4 is 50.7 Å². The van der Waals surface area contributed by atoms with E-state index >= 15 is 0 Å². The second-order valence-corrected chi connectivity index (χ2v) is 12.7. The van der Waals surface area contributed by atoms with Crippen LogP contribution in [-0.2, 0) is 32.6 Å². The minimum atomic E-state index is -3.83. The summed E-state index contributed by atoms with van der Waals surface area (Å²) in [5, 5.41) is 3.75. The number of halogens is 3. The van der Waals surface area contributed by atoms with Crippen LogP contribution in [-0.4, -0.2) is 50.5 Å². The molecule has 0 bridgehead atoms. The molecule has 3 aromatic rings. The molecule has 1 N–H and O–H groups in total. The van der Waals surface area contributed by atoms with Gasteiger partial charge in [0, 0.05) is 42.5 Å². The van der Waals surface area contributed by atoms with Crippen LogP contribution >= 0.6 is 23.2 Å². The Labute approximate surface area is 257 Å². The van der Waals surface area contributed by atoms with Gasteiger partial charge in [0.15, 0.2) is 0 Å². The van der Waals surface area contributed by atoms with Crippen molar-refractivity contribution in [3.63, 3.8) is 0 Å². The molecule has 0 saturated heterocycles. The van der Waals surface area contributed by atoms with Gasteiger partial charge in [0.25, 0.3) is 0 Å². The lowest BCUT2D eigenvalue weighted by molar-refractivity contribution is -0.141. The molecule has 7 nitrogen and oxygen atoms in total. The predicted molar refractivity (Wildman–Crippen MR) is 167 cm³/mol. The third kappa shape index (κ3) is 9.71. The minimum Gasteiger partial charge on any atom is -0.354 e. The largest absolute Gasteiger partial charge is 0.354 e. The summed E-state index contributed by atoms with van der Waals surface area (Å²) in [5.74, 6) is -1.34. The van der Waals surface area contributed by atoms with E-state index in [4.69, 9.17) is 23.2 Å². The van der Waals surface area contributed by atoms with Crippen molar-refractivity contribution < 1.29 is 22.4 Å². The van der Waals surface area contributed by atoms with Crippen molar-refractivity contribution in [1.29, 1.82) is 0 Å². The molecule has 0 aliphatic heterocycles. The van der Waals surface area contributed by atoms with Crippen molar-refractivity contribution in [2.45, 2.75) is 51.6 Å². The van der Waals surface area contributed by atoms with Crippen LogP contribution in [0.5, 0.6) is 0 Å². The van der Waals surface area contributed by atoms with Gasteiger partial charge in [-0.25, -0.2) is 12.8 Å². The molecule has 0 aliphatic rings. The quantitative estimate of drug-likeness (QED) is 0.200. The summed E-state index contributed by atoms with van der Waals surface area (Å²) in [6.07, 6.45) is 2.95. The molecule has 11 heteroatoms. The van der Waals surface area contributed by atoms with Gasteiger partial charge in [0.2, 0.25) is 21.8 Å². The molecule has 0 fully saturated rings. The van der Waals surface area contributed by atoms with E-state index in [0.717, 1.165) is 29.0 Å². The zero-order valence-electron chi connectivity index (χ0n) is 23.7. The van der Waals surface area contributed by atoms with Crippen molar-refractivity contribution in [2.75, 3.05) is 23.7 Å². The number of hydrogen-bond donors (Lipinski definition) is 1. The Morgan fingerprint density at radius 2 is 1.67 bits per heavy atom. The number of anilines is 1. The van der Waals surface area contributed by atoms with E-state index in [2.05, 4.69) is 5.32 Å². The van der Waals surface area contributed by atoms with Gasteiger partial charge in [-0.3, -0.25) is 13.9 Å². The van der Waals surface area contributed by atoms with E-state index < -0.39 is 21.9 Å². The first-order valence-electron chi connectivity index (χ1n) is 13.8. The predicted octanol–water partition coefficient (Wildman–Crippen LogP) is 6.24. The van der Waals surface area contributed by atoms with Gasteiger partial charge in [-0.05, 0) is 48.2 Å². The molecule has 0 unspecified atom stereocenters. The zero-order valence-corrected chi connectivity index (χ0v) is 26.1. The highest BCUT2D eigenvalue weighted by atomic mass is 35.5. The SMILES string of the molecule is CCCCNC(=O)[C@@H](Cc1ccccc1)N(Cc1ccc(Cl)cc1Cl)C(=O)CCCN(c1ccccc1F)S(C)(=O)=O. The maximum atomic E-state index is 14.5. The number of para-hydroxylation sites is 1. The van der Waals surface area contributed by atoms with E-state index in [9.17, 15) is 22.4 Å². The summed E-state index contributed by atoms with van der Waals surface area (Å²) in [4.78, 5) is 28.9. The van der Waals surface area contributed by atoms with E-state index in [1.807, 2.05) is 37.3 Å². The lowest BCUT2D eigenvalue weighted by Gasteiger charge is -2.32. The van der Waals surface area contributed by atoms with Crippen molar-refractivity contribution in [3.05, 3.63) is 99.8 Å². The van der Waals surface area contributed by atoms with E-state index in [-0.39, 0.29) is 49.9 Å². The third-order valence-electron chi connectivity index (χ3n) is 6.73. The van der Waals surface area contributed by atoms with Gasteiger partial charge < -0.3 is 10.2 Å². The molecular weight excluding hydrogens is 600 g/mol. The second-order valence-electron chi connectivity index (χ2n) is 10.00. The number of benzene rings is 3.